The molecular formula is C19H17Cl2N5O4S3. The van der Waals surface area contributed by atoms with Gasteiger partial charge in [-0.1, -0.05) is 52.4 Å². The van der Waals surface area contributed by atoms with Gasteiger partial charge in [-0.3, -0.25) is 9.69 Å². The summed E-state index contributed by atoms with van der Waals surface area (Å²) < 4.78 is 0.740. The van der Waals surface area contributed by atoms with Crippen molar-refractivity contribution in [1.29, 1.82) is 0 Å². The first-order valence-corrected chi connectivity index (χ1v) is 13.2. The van der Waals surface area contributed by atoms with Gasteiger partial charge in [0, 0.05) is 28.1 Å². The Bertz CT molecular complexity index is 1160. The predicted molar refractivity (Wildman–Crippen MR) is 129 cm³/mol. The van der Waals surface area contributed by atoms with Crippen LogP contribution in [0.5, 0.6) is 0 Å². The Balaban J connectivity index is 1.38. The second-order valence-electron chi connectivity index (χ2n) is 7.08. The largest absolute Gasteiger partial charge is 0.477 e. The van der Waals surface area contributed by atoms with Crippen molar-refractivity contribution in [2.75, 3.05) is 11.5 Å². The van der Waals surface area contributed by atoms with E-state index >= 15 is 0 Å². The second kappa shape index (κ2) is 10.1. The van der Waals surface area contributed by atoms with Gasteiger partial charge in [-0.2, -0.15) is 0 Å². The zero-order chi connectivity index (χ0) is 23.7. The highest BCUT2D eigenvalue weighted by Crippen LogP contribution is 2.41. The van der Waals surface area contributed by atoms with E-state index in [2.05, 4.69) is 20.8 Å². The maximum absolute atomic E-state index is 12.7. The quantitative estimate of drug-likeness (QED) is 0.357. The van der Waals surface area contributed by atoms with Crippen molar-refractivity contribution >= 4 is 76.0 Å². The summed E-state index contributed by atoms with van der Waals surface area (Å²) >= 11 is 16.2. The third-order valence-electron chi connectivity index (χ3n) is 4.87. The van der Waals surface area contributed by atoms with E-state index in [1.807, 2.05) is 6.92 Å². The maximum Gasteiger partial charge on any atom is 0.352 e. The molecule has 2 atom stereocenters. The van der Waals surface area contributed by atoms with Gasteiger partial charge in [-0.25, -0.2) is 9.59 Å². The van der Waals surface area contributed by atoms with Crippen LogP contribution in [0.15, 0.2) is 33.8 Å². The Labute approximate surface area is 211 Å². The maximum atomic E-state index is 12.7. The number of carbonyl (C=O) groups excluding carboxylic acids is 2. The van der Waals surface area contributed by atoms with Crippen molar-refractivity contribution < 1.29 is 19.5 Å². The third-order valence-corrected chi connectivity index (χ3v) is 8.85. The van der Waals surface area contributed by atoms with Crippen LogP contribution in [0.1, 0.15) is 10.6 Å². The molecule has 2 aliphatic heterocycles. The van der Waals surface area contributed by atoms with Crippen LogP contribution in [0.4, 0.5) is 4.79 Å². The minimum Gasteiger partial charge on any atom is -0.477 e. The number of carbonyl (C=O) groups is 3. The van der Waals surface area contributed by atoms with Gasteiger partial charge >= 0.3 is 12.0 Å². The van der Waals surface area contributed by atoms with Crippen LogP contribution in [0.2, 0.25) is 10.0 Å². The third kappa shape index (κ3) is 5.24. The predicted octanol–water partition coefficient (Wildman–Crippen LogP) is 3.37. The molecule has 3 N–H and O–H groups in total. The minimum absolute atomic E-state index is 0.0242. The van der Waals surface area contributed by atoms with Crippen molar-refractivity contribution in [3.05, 3.63) is 50.1 Å². The van der Waals surface area contributed by atoms with Crippen molar-refractivity contribution in [2.45, 2.75) is 29.2 Å². The number of carboxylic acid groups (broad SMARTS) is 1. The molecule has 0 spiro atoms. The number of hydrogen-bond donors (Lipinski definition) is 3. The molecule has 14 heteroatoms. The number of urea groups is 1. The summed E-state index contributed by atoms with van der Waals surface area (Å²) in [5, 5.41) is 24.3. The molecule has 3 amide bonds. The van der Waals surface area contributed by atoms with Gasteiger partial charge in [0.25, 0.3) is 5.91 Å². The van der Waals surface area contributed by atoms with Crippen molar-refractivity contribution in [3.63, 3.8) is 0 Å². The van der Waals surface area contributed by atoms with Crippen molar-refractivity contribution in [3.8, 4) is 0 Å². The first-order chi connectivity index (χ1) is 15.7. The molecule has 1 fully saturated rings. The number of fused-ring (bicyclic) bond motifs is 1. The average Bonchev–Trinajstić information content (AvgIpc) is 3.19. The Kier molecular flexibility index (Phi) is 7.39. The lowest BCUT2D eigenvalue weighted by Gasteiger charge is -2.49. The molecule has 2 aliphatic rings. The normalized spacial score (nSPS) is 19.7. The smallest absolute Gasteiger partial charge is 0.352 e. The molecule has 33 heavy (non-hydrogen) atoms. The number of aliphatic carboxylic acids is 1. The van der Waals surface area contributed by atoms with E-state index < -0.39 is 29.3 Å². The van der Waals surface area contributed by atoms with E-state index in [0.29, 0.717) is 32.7 Å². The number of benzene rings is 1. The Hall–Kier alpha value is -1.99. The van der Waals surface area contributed by atoms with E-state index in [1.165, 1.54) is 39.8 Å². The molecule has 0 bridgehead atoms. The Morgan fingerprint density at radius 1 is 1.33 bits per heavy atom. The number of thioether (sulfide) groups is 2. The number of aromatic nitrogens is 2. The summed E-state index contributed by atoms with van der Waals surface area (Å²) in [5.74, 6) is -0.808. The van der Waals surface area contributed by atoms with E-state index in [-0.39, 0.29) is 12.2 Å². The standard InChI is InChI=1S/C19H17Cl2N5O4S3/c1-8-24-25-19(33-8)32-7-10-6-31-16-13(15(27)26(16)14(10)17(28)29)23-18(30)22-5-9-2-3-11(20)4-12(9)21/h2-4,13,16H,5-7H2,1H3,(H,28,29)(H2,22,23,30)/t13?,16-/m0/s1. The fourth-order valence-corrected chi connectivity index (χ4v) is 7.09. The molecule has 1 aromatic heterocycles. The lowest BCUT2D eigenvalue weighted by Crippen LogP contribution is -2.71. The molecule has 3 heterocycles. The molecule has 2 aromatic rings. The summed E-state index contributed by atoms with van der Waals surface area (Å²) in [6, 6.07) is 3.57. The molecule has 174 valence electrons. The van der Waals surface area contributed by atoms with Gasteiger partial charge in [-0.15, -0.1) is 22.0 Å². The first kappa shape index (κ1) is 24.1. The van der Waals surface area contributed by atoms with Gasteiger partial charge in [0.2, 0.25) is 0 Å². The highest BCUT2D eigenvalue weighted by molar-refractivity contribution is 8.01. The number of β-lactam (4-membered cyclic amide) rings is 1. The Morgan fingerprint density at radius 2 is 2.12 bits per heavy atom. The van der Waals surface area contributed by atoms with E-state index in [9.17, 15) is 19.5 Å². The average molecular weight is 546 g/mol. The highest BCUT2D eigenvalue weighted by atomic mass is 35.5. The van der Waals surface area contributed by atoms with Crippen LogP contribution in [0.3, 0.4) is 0 Å². The van der Waals surface area contributed by atoms with Crippen LogP contribution in [-0.4, -0.2) is 61.0 Å². The van der Waals surface area contributed by atoms with Gasteiger partial charge in [0.1, 0.15) is 22.1 Å². The van der Waals surface area contributed by atoms with Crippen LogP contribution < -0.4 is 10.6 Å². The van der Waals surface area contributed by atoms with Gasteiger partial charge in [0.05, 0.1) is 0 Å². The number of rotatable bonds is 7. The number of nitrogens with one attached hydrogen (secondary N) is 2. The molecule has 0 saturated carbocycles. The highest BCUT2D eigenvalue weighted by Gasteiger charge is 2.54. The van der Waals surface area contributed by atoms with Gasteiger partial charge < -0.3 is 15.7 Å². The Morgan fingerprint density at radius 3 is 2.79 bits per heavy atom. The monoisotopic (exact) mass is 545 g/mol. The van der Waals surface area contributed by atoms with E-state index in [1.54, 1.807) is 18.2 Å². The molecular weight excluding hydrogens is 529 g/mol. The van der Waals surface area contributed by atoms with Crippen LogP contribution in [0.25, 0.3) is 0 Å². The topological polar surface area (TPSA) is 125 Å². The molecule has 9 nitrogen and oxygen atoms in total. The summed E-state index contributed by atoms with van der Waals surface area (Å²) in [5.41, 5.74) is 1.29. The second-order valence-corrected chi connectivity index (χ2v) is 11.4. The SMILES string of the molecule is Cc1nnc(SCC2=C(C(=O)O)N3C(=O)C(NC(=O)NCc4ccc(Cl)cc4Cl)[C@@H]3SC2)s1. The molecule has 1 aromatic carbocycles. The van der Waals surface area contributed by atoms with Crippen LogP contribution >= 0.6 is 58.1 Å². The van der Waals surface area contributed by atoms with E-state index in [0.717, 1.165) is 9.35 Å². The van der Waals surface area contributed by atoms with Crippen molar-refractivity contribution in [2.24, 2.45) is 0 Å². The van der Waals surface area contributed by atoms with E-state index in [4.69, 9.17) is 23.2 Å². The first-order valence-electron chi connectivity index (χ1n) is 9.55. The number of amides is 3. The molecule has 4 rings (SSSR count). The summed E-state index contributed by atoms with van der Waals surface area (Å²) in [6.07, 6.45) is 0. The fourth-order valence-electron chi connectivity index (χ4n) is 3.31. The lowest BCUT2D eigenvalue weighted by molar-refractivity contribution is -0.148. The molecule has 0 aliphatic carbocycles. The van der Waals surface area contributed by atoms with Crippen molar-refractivity contribution in [1.82, 2.24) is 25.7 Å². The number of aryl methyl sites for hydroxylation is 1. The minimum atomic E-state index is -1.17. The number of hydrogen-bond acceptors (Lipinski definition) is 8. The number of carboxylic acids is 1. The summed E-state index contributed by atoms with van der Waals surface area (Å²) in [4.78, 5) is 38.3. The molecule has 1 saturated heterocycles. The summed E-state index contributed by atoms with van der Waals surface area (Å²) in [7, 11) is 0. The zero-order valence-electron chi connectivity index (χ0n) is 17.0. The summed E-state index contributed by atoms with van der Waals surface area (Å²) in [6.45, 7) is 1.99. The van der Waals surface area contributed by atoms with Gasteiger partial charge in [0.15, 0.2) is 4.34 Å². The lowest BCUT2D eigenvalue weighted by atomic mass is 10.0. The van der Waals surface area contributed by atoms with Crippen LogP contribution in [0, 0.1) is 6.92 Å². The number of nitrogens with zero attached hydrogens (tertiary/aromatic N) is 3. The van der Waals surface area contributed by atoms with Gasteiger partial charge in [-0.05, 0) is 30.2 Å². The molecule has 0 radical (unpaired) electrons. The number of halogens is 2. The zero-order valence-corrected chi connectivity index (χ0v) is 21.0. The van der Waals surface area contributed by atoms with Crippen LogP contribution in [-0.2, 0) is 16.1 Å². The fraction of sp³-hybridized carbons (Fsp3) is 0.316. The molecule has 1 unspecified atom stereocenters.